The van der Waals surface area contributed by atoms with Crippen LogP contribution in [0.5, 0.6) is 0 Å². The molecule has 3 fully saturated rings. The number of hydrogen-bond acceptors (Lipinski definition) is 7. The fourth-order valence-electron chi connectivity index (χ4n) is 5.37. The van der Waals surface area contributed by atoms with Crippen LogP contribution in [-0.2, 0) is 9.59 Å². The number of rotatable bonds is 6. The largest absolute Gasteiger partial charge is 0.355 e. The van der Waals surface area contributed by atoms with E-state index in [1.165, 1.54) is 11.0 Å². The molecule has 30 heavy (non-hydrogen) atoms. The van der Waals surface area contributed by atoms with E-state index in [1.807, 2.05) is 14.1 Å². The predicted octanol–water partition coefficient (Wildman–Crippen LogP) is 2.61. The lowest BCUT2D eigenvalue weighted by molar-refractivity contribution is -0.141. The smallest absolute Gasteiger partial charge is 0.235 e. The molecule has 0 aromatic carbocycles. The minimum absolute atomic E-state index is 0.0350. The number of nitrogens with zero attached hydrogens (tertiary/aromatic N) is 4. The Hall–Kier alpha value is -2.10. The molecule has 5 rings (SSSR count). The maximum atomic E-state index is 13.4. The summed E-state index contributed by atoms with van der Waals surface area (Å²) >= 11 is 1.00. The second-order valence-corrected chi connectivity index (χ2v) is 9.68. The minimum Gasteiger partial charge on any atom is -0.355 e. The number of likely N-dealkylation sites (tertiary alicyclic amines) is 1. The first-order valence-electron chi connectivity index (χ1n) is 10.4. The van der Waals surface area contributed by atoms with E-state index in [1.54, 1.807) is 12.1 Å². The van der Waals surface area contributed by atoms with Gasteiger partial charge >= 0.3 is 0 Å². The Balaban J connectivity index is 1.43. The quantitative estimate of drug-likeness (QED) is 0.654. The van der Waals surface area contributed by atoms with Crippen molar-refractivity contribution in [2.75, 3.05) is 33.7 Å². The number of thiophene rings is 1. The van der Waals surface area contributed by atoms with Crippen molar-refractivity contribution >= 4 is 23.2 Å². The van der Waals surface area contributed by atoms with E-state index in [0.717, 1.165) is 43.7 Å². The summed E-state index contributed by atoms with van der Waals surface area (Å²) in [5, 5.41) is 3.97. The molecule has 0 aliphatic carbocycles. The zero-order chi connectivity index (χ0) is 21.0. The maximum absolute atomic E-state index is 13.4. The van der Waals surface area contributed by atoms with Gasteiger partial charge in [-0.2, -0.15) is 4.39 Å². The van der Waals surface area contributed by atoms with Crippen molar-refractivity contribution in [3.8, 4) is 10.6 Å². The van der Waals surface area contributed by atoms with Crippen LogP contribution in [0, 0.1) is 17.0 Å². The number of hydrogen-bond donors (Lipinski definition) is 0. The predicted molar refractivity (Wildman–Crippen MR) is 109 cm³/mol. The summed E-state index contributed by atoms with van der Waals surface area (Å²) in [6.45, 7) is 2.13. The van der Waals surface area contributed by atoms with E-state index in [0.29, 0.717) is 22.9 Å². The minimum atomic E-state index is -0.417. The molecule has 9 heteroatoms. The zero-order valence-electron chi connectivity index (χ0n) is 17.1. The first-order valence-corrected chi connectivity index (χ1v) is 11.3. The summed E-state index contributed by atoms with van der Waals surface area (Å²) in [6, 6.07) is 4.68. The molecule has 4 atom stereocenters. The molecule has 3 saturated heterocycles. The van der Waals surface area contributed by atoms with Gasteiger partial charge in [0, 0.05) is 18.7 Å². The first-order chi connectivity index (χ1) is 14.5. The van der Waals surface area contributed by atoms with Crippen molar-refractivity contribution in [1.29, 1.82) is 0 Å². The van der Waals surface area contributed by atoms with E-state index in [4.69, 9.17) is 4.52 Å². The molecule has 3 aliphatic rings. The molecular formula is C21H25FN4O3S. The van der Waals surface area contributed by atoms with Gasteiger partial charge in [-0.3, -0.25) is 19.4 Å². The third-order valence-electron chi connectivity index (χ3n) is 6.58. The third-order valence-corrected chi connectivity index (χ3v) is 7.47. The molecule has 0 unspecified atom stereocenters. The maximum Gasteiger partial charge on any atom is 0.235 e. The van der Waals surface area contributed by atoms with Crippen molar-refractivity contribution in [1.82, 2.24) is 19.9 Å². The average Bonchev–Trinajstić information content (AvgIpc) is 3.47. The molecule has 5 heterocycles. The molecule has 0 spiro atoms. The molecule has 0 saturated carbocycles. The molecule has 160 valence electrons. The molecule has 0 radical (unpaired) electrons. The molecule has 0 bridgehead atoms. The lowest BCUT2D eigenvalue weighted by Crippen LogP contribution is -2.40. The van der Waals surface area contributed by atoms with Gasteiger partial charge in [0.2, 0.25) is 11.8 Å². The summed E-state index contributed by atoms with van der Waals surface area (Å²) in [7, 11) is 3.97. The highest BCUT2D eigenvalue weighted by atomic mass is 32.1. The van der Waals surface area contributed by atoms with E-state index in [2.05, 4.69) is 15.0 Å². The van der Waals surface area contributed by atoms with Crippen LogP contribution in [0.4, 0.5) is 4.39 Å². The van der Waals surface area contributed by atoms with Crippen LogP contribution in [0.15, 0.2) is 22.7 Å². The highest BCUT2D eigenvalue weighted by Gasteiger charge is 2.63. The average molecular weight is 433 g/mol. The SMILES string of the molecule is CN(C)CCCN1C(=O)[C@@H]2[C@H](C1=O)[C@H]1CCCN1[C@@H]2c1cc(-c2ccc(F)s2)on1. The number of carbonyl (C=O) groups is 2. The first kappa shape index (κ1) is 19.8. The zero-order valence-corrected chi connectivity index (χ0v) is 17.9. The normalized spacial score (nSPS) is 28.7. The van der Waals surface area contributed by atoms with E-state index >= 15 is 0 Å². The van der Waals surface area contributed by atoms with Gasteiger partial charge in [-0.1, -0.05) is 5.16 Å². The monoisotopic (exact) mass is 432 g/mol. The van der Waals surface area contributed by atoms with E-state index in [-0.39, 0.29) is 34.9 Å². The molecule has 2 amide bonds. The van der Waals surface area contributed by atoms with Gasteiger partial charge < -0.3 is 9.42 Å². The fraction of sp³-hybridized carbons (Fsp3) is 0.571. The standard InChI is InChI=1S/C21H25FN4O3S/c1-24(2)8-4-10-26-20(27)17-13-5-3-9-25(13)19(18(17)21(26)28)12-11-14(29-23-12)15-6-7-16(22)30-15/h6-7,11,13,17-19H,3-5,8-10H2,1-2H3/t13-,17-,18-,19-/m1/s1. The molecule has 0 N–H and O–H groups in total. The number of aromatic nitrogens is 1. The second-order valence-electron chi connectivity index (χ2n) is 8.65. The van der Waals surface area contributed by atoms with Gasteiger partial charge in [-0.05, 0) is 58.6 Å². The lowest BCUT2D eigenvalue weighted by atomic mass is 9.86. The van der Waals surface area contributed by atoms with Crippen LogP contribution in [0.2, 0.25) is 0 Å². The van der Waals surface area contributed by atoms with Crippen LogP contribution in [-0.4, -0.2) is 71.4 Å². The van der Waals surface area contributed by atoms with Gasteiger partial charge in [0.1, 0.15) is 5.69 Å². The summed E-state index contributed by atoms with van der Waals surface area (Å²) in [6.07, 6.45) is 2.69. The summed E-state index contributed by atoms with van der Waals surface area (Å²) < 4.78 is 18.9. The van der Waals surface area contributed by atoms with Crippen LogP contribution in [0.3, 0.4) is 0 Å². The van der Waals surface area contributed by atoms with Gasteiger partial charge in [-0.25, -0.2) is 0 Å². The van der Waals surface area contributed by atoms with Gasteiger partial charge in [0.15, 0.2) is 10.9 Å². The van der Waals surface area contributed by atoms with E-state index in [9.17, 15) is 14.0 Å². The molecular weight excluding hydrogens is 407 g/mol. The van der Waals surface area contributed by atoms with Crippen molar-refractivity contribution in [3.05, 3.63) is 29.0 Å². The highest BCUT2D eigenvalue weighted by molar-refractivity contribution is 7.13. The Labute approximate surface area is 178 Å². The van der Waals surface area contributed by atoms with Gasteiger partial charge in [0.25, 0.3) is 0 Å². The van der Waals surface area contributed by atoms with Crippen LogP contribution in [0.1, 0.15) is 31.0 Å². The van der Waals surface area contributed by atoms with E-state index < -0.39 is 5.92 Å². The van der Waals surface area contributed by atoms with Crippen molar-refractivity contribution < 1.29 is 18.5 Å². The third kappa shape index (κ3) is 3.11. The van der Waals surface area contributed by atoms with Crippen molar-refractivity contribution in [2.24, 2.45) is 11.8 Å². The van der Waals surface area contributed by atoms with Crippen LogP contribution < -0.4 is 0 Å². The Kier molecular flexibility index (Phi) is 4.99. The summed E-state index contributed by atoms with van der Waals surface area (Å²) in [5.74, 6) is -0.344. The molecule has 7 nitrogen and oxygen atoms in total. The fourth-order valence-corrected chi connectivity index (χ4v) is 6.05. The van der Waals surface area contributed by atoms with Crippen LogP contribution in [0.25, 0.3) is 10.6 Å². The topological polar surface area (TPSA) is 69.9 Å². The number of imide groups is 1. The van der Waals surface area contributed by atoms with Crippen LogP contribution >= 0.6 is 11.3 Å². The van der Waals surface area contributed by atoms with Gasteiger partial charge in [0.05, 0.1) is 22.8 Å². The second kappa shape index (κ2) is 7.55. The summed E-state index contributed by atoms with van der Waals surface area (Å²) in [5.41, 5.74) is 0.662. The summed E-state index contributed by atoms with van der Waals surface area (Å²) in [4.78, 5) is 33.0. The molecule has 3 aliphatic heterocycles. The number of amides is 2. The lowest BCUT2D eigenvalue weighted by Gasteiger charge is -2.27. The number of fused-ring (bicyclic) bond motifs is 3. The highest BCUT2D eigenvalue weighted by Crippen LogP contribution is 2.53. The van der Waals surface area contributed by atoms with Crippen molar-refractivity contribution in [3.63, 3.8) is 0 Å². The Bertz CT molecular complexity index is 973. The number of halogens is 1. The number of carbonyl (C=O) groups excluding carboxylic acids is 2. The Morgan fingerprint density at radius 3 is 2.80 bits per heavy atom. The van der Waals surface area contributed by atoms with Gasteiger partial charge in [-0.15, -0.1) is 11.3 Å². The molecule has 2 aromatic rings. The molecule has 2 aromatic heterocycles. The Morgan fingerprint density at radius 1 is 1.27 bits per heavy atom. The van der Waals surface area contributed by atoms with Crippen molar-refractivity contribution in [2.45, 2.75) is 31.3 Å². The Morgan fingerprint density at radius 2 is 2.07 bits per heavy atom.